The molecule has 27 heavy (non-hydrogen) atoms. The van der Waals surface area contributed by atoms with Crippen molar-refractivity contribution in [2.45, 2.75) is 19.8 Å². The number of esters is 1. The molecule has 0 saturated carbocycles. The molecule has 0 aliphatic rings. The zero-order valence-corrected chi connectivity index (χ0v) is 15.7. The first-order valence-corrected chi connectivity index (χ1v) is 8.65. The molecule has 1 amide bonds. The maximum atomic E-state index is 12.6. The van der Waals surface area contributed by atoms with Gasteiger partial charge in [-0.05, 0) is 18.1 Å². The highest BCUT2D eigenvalue weighted by atomic mass is 16.5. The second-order valence-electron chi connectivity index (χ2n) is 6.15. The van der Waals surface area contributed by atoms with Crippen LogP contribution in [0.3, 0.4) is 0 Å². The predicted molar refractivity (Wildman–Crippen MR) is 103 cm³/mol. The third kappa shape index (κ3) is 4.91. The van der Waals surface area contributed by atoms with Crippen molar-refractivity contribution in [2.75, 3.05) is 19.7 Å². The van der Waals surface area contributed by atoms with E-state index in [0.717, 1.165) is 0 Å². The van der Waals surface area contributed by atoms with Gasteiger partial charge < -0.3 is 9.64 Å². The molecule has 0 aromatic carbocycles. The largest absolute Gasteiger partial charge is 0.452 e. The minimum absolute atomic E-state index is 0.00536. The van der Waals surface area contributed by atoms with E-state index >= 15 is 0 Å². The number of carbonyl (C=O) groups excluding carboxylic acids is 2. The van der Waals surface area contributed by atoms with Gasteiger partial charge in [0.15, 0.2) is 12.4 Å². The maximum Gasteiger partial charge on any atom is 0.342 e. The third-order valence-corrected chi connectivity index (χ3v) is 3.82. The minimum Gasteiger partial charge on any atom is -0.452 e. The summed E-state index contributed by atoms with van der Waals surface area (Å²) in [5, 5.41) is 4.28. The highest BCUT2D eigenvalue weighted by molar-refractivity contribution is 5.92. The lowest BCUT2D eigenvalue weighted by atomic mass is 10.1. The van der Waals surface area contributed by atoms with Gasteiger partial charge in [-0.3, -0.25) is 4.79 Å². The molecule has 0 saturated heterocycles. The molecule has 2 heterocycles. The average molecular weight is 368 g/mol. The average Bonchev–Trinajstić information content (AvgIpc) is 3.12. The standard InChI is InChI=1S/C20H24N4O3/c1-5-11-23(12-6-2)18(25)14-27-20(26)16-13-22-24(19(16)15(3)4)17-9-7-8-10-21-17/h5-10,13,15H,1-2,11-12,14H2,3-4H3. The van der Waals surface area contributed by atoms with Crippen LogP contribution >= 0.6 is 0 Å². The van der Waals surface area contributed by atoms with Crippen LogP contribution in [0.4, 0.5) is 0 Å². The van der Waals surface area contributed by atoms with Gasteiger partial charge in [-0.15, -0.1) is 13.2 Å². The summed E-state index contributed by atoms with van der Waals surface area (Å²) >= 11 is 0. The quantitative estimate of drug-likeness (QED) is 0.502. The van der Waals surface area contributed by atoms with Crippen molar-refractivity contribution in [3.8, 4) is 5.82 Å². The Morgan fingerprint density at radius 2 is 1.96 bits per heavy atom. The Bertz CT molecular complexity index is 802. The molecule has 0 fully saturated rings. The minimum atomic E-state index is -0.591. The molecule has 0 bridgehead atoms. The molecule has 7 nitrogen and oxygen atoms in total. The fraction of sp³-hybridized carbons (Fsp3) is 0.300. The lowest BCUT2D eigenvalue weighted by Gasteiger charge is -2.19. The number of hydrogen-bond acceptors (Lipinski definition) is 5. The summed E-state index contributed by atoms with van der Waals surface area (Å²) in [4.78, 5) is 30.5. The summed E-state index contributed by atoms with van der Waals surface area (Å²) in [7, 11) is 0. The van der Waals surface area contributed by atoms with Crippen LogP contribution in [0.1, 0.15) is 35.8 Å². The summed E-state index contributed by atoms with van der Waals surface area (Å²) in [5.74, 6) is -0.289. The Morgan fingerprint density at radius 3 is 2.52 bits per heavy atom. The van der Waals surface area contributed by atoms with Crippen LogP contribution in [-0.2, 0) is 9.53 Å². The van der Waals surface area contributed by atoms with Crippen LogP contribution in [0.15, 0.2) is 55.9 Å². The molecule has 0 spiro atoms. The van der Waals surface area contributed by atoms with E-state index in [0.29, 0.717) is 30.2 Å². The van der Waals surface area contributed by atoms with E-state index in [1.54, 1.807) is 35.2 Å². The molecular weight excluding hydrogens is 344 g/mol. The second-order valence-corrected chi connectivity index (χ2v) is 6.15. The van der Waals surface area contributed by atoms with Crippen molar-refractivity contribution in [1.29, 1.82) is 0 Å². The van der Waals surface area contributed by atoms with Crippen molar-refractivity contribution in [3.05, 3.63) is 67.2 Å². The number of pyridine rings is 1. The Hall–Kier alpha value is -3.22. The lowest BCUT2D eigenvalue weighted by Crippen LogP contribution is -2.35. The maximum absolute atomic E-state index is 12.6. The predicted octanol–water partition coefficient (Wildman–Crippen LogP) is 2.75. The Morgan fingerprint density at radius 1 is 1.26 bits per heavy atom. The van der Waals surface area contributed by atoms with Crippen LogP contribution in [0, 0.1) is 0 Å². The summed E-state index contributed by atoms with van der Waals surface area (Å²) in [6.07, 6.45) is 6.32. The van der Waals surface area contributed by atoms with E-state index in [2.05, 4.69) is 23.2 Å². The van der Waals surface area contributed by atoms with Crippen molar-refractivity contribution in [1.82, 2.24) is 19.7 Å². The van der Waals surface area contributed by atoms with Gasteiger partial charge in [0.05, 0.1) is 11.9 Å². The molecule has 0 radical (unpaired) electrons. The van der Waals surface area contributed by atoms with Crippen LogP contribution < -0.4 is 0 Å². The fourth-order valence-corrected chi connectivity index (χ4v) is 2.62. The number of hydrogen-bond donors (Lipinski definition) is 0. The molecule has 0 N–H and O–H groups in total. The van der Waals surface area contributed by atoms with E-state index in [-0.39, 0.29) is 18.4 Å². The molecule has 0 atom stereocenters. The first-order chi connectivity index (χ1) is 13.0. The second kappa shape index (κ2) is 9.47. The highest BCUT2D eigenvalue weighted by Gasteiger charge is 2.23. The van der Waals surface area contributed by atoms with Gasteiger partial charge in [0.2, 0.25) is 0 Å². The molecule has 2 aromatic rings. The van der Waals surface area contributed by atoms with Crippen molar-refractivity contribution in [2.24, 2.45) is 0 Å². The molecule has 2 rings (SSSR count). The smallest absolute Gasteiger partial charge is 0.342 e. The van der Waals surface area contributed by atoms with Gasteiger partial charge in [0.25, 0.3) is 5.91 Å². The van der Waals surface area contributed by atoms with E-state index in [1.165, 1.54) is 11.1 Å². The first kappa shape index (κ1) is 20.1. The van der Waals surface area contributed by atoms with E-state index in [9.17, 15) is 9.59 Å². The zero-order valence-electron chi connectivity index (χ0n) is 15.7. The van der Waals surface area contributed by atoms with E-state index < -0.39 is 5.97 Å². The number of ether oxygens (including phenoxy) is 1. The van der Waals surface area contributed by atoms with Crippen LogP contribution in [0.2, 0.25) is 0 Å². The van der Waals surface area contributed by atoms with Gasteiger partial charge >= 0.3 is 5.97 Å². The topological polar surface area (TPSA) is 77.3 Å². The molecular formula is C20H24N4O3. The van der Waals surface area contributed by atoms with E-state index in [4.69, 9.17) is 4.74 Å². The van der Waals surface area contributed by atoms with Crippen molar-refractivity contribution >= 4 is 11.9 Å². The highest BCUT2D eigenvalue weighted by Crippen LogP contribution is 2.22. The lowest BCUT2D eigenvalue weighted by molar-refractivity contribution is -0.133. The van der Waals surface area contributed by atoms with Gasteiger partial charge in [0, 0.05) is 19.3 Å². The van der Waals surface area contributed by atoms with Gasteiger partial charge in [-0.2, -0.15) is 5.10 Å². The molecule has 0 unspecified atom stereocenters. The van der Waals surface area contributed by atoms with Crippen LogP contribution in [-0.4, -0.2) is 51.2 Å². The monoisotopic (exact) mass is 368 g/mol. The molecule has 142 valence electrons. The Labute approximate surface area is 159 Å². The summed E-state index contributed by atoms with van der Waals surface area (Å²) in [6, 6.07) is 5.46. The van der Waals surface area contributed by atoms with Crippen molar-refractivity contribution in [3.63, 3.8) is 0 Å². The Balaban J connectivity index is 2.17. The molecule has 0 aliphatic carbocycles. The molecule has 0 aliphatic heterocycles. The fourth-order valence-electron chi connectivity index (χ4n) is 2.62. The van der Waals surface area contributed by atoms with Gasteiger partial charge in [-0.25, -0.2) is 14.5 Å². The number of rotatable bonds is 9. The number of amides is 1. The number of carbonyl (C=O) groups is 2. The normalized spacial score (nSPS) is 10.5. The summed E-state index contributed by atoms with van der Waals surface area (Å²) in [6.45, 7) is 11.5. The number of nitrogens with zero attached hydrogens (tertiary/aromatic N) is 4. The summed E-state index contributed by atoms with van der Waals surface area (Å²) in [5.41, 5.74) is 1.00. The number of aromatic nitrogens is 3. The summed E-state index contributed by atoms with van der Waals surface area (Å²) < 4.78 is 6.85. The van der Waals surface area contributed by atoms with Crippen molar-refractivity contribution < 1.29 is 14.3 Å². The van der Waals surface area contributed by atoms with Gasteiger partial charge in [0.1, 0.15) is 5.56 Å². The van der Waals surface area contributed by atoms with E-state index in [1.807, 2.05) is 19.9 Å². The first-order valence-electron chi connectivity index (χ1n) is 8.65. The molecule has 7 heteroatoms. The SMILES string of the molecule is C=CCN(CC=C)C(=O)COC(=O)c1cnn(-c2ccccn2)c1C(C)C. The van der Waals surface area contributed by atoms with Crippen LogP contribution in [0.25, 0.3) is 5.82 Å². The third-order valence-electron chi connectivity index (χ3n) is 3.82. The molecule has 2 aromatic heterocycles. The zero-order chi connectivity index (χ0) is 19.8. The van der Waals surface area contributed by atoms with Gasteiger partial charge in [-0.1, -0.05) is 32.1 Å². The Kier molecular flexibility index (Phi) is 7.05. The van der Waals surface area contributed by atoms with Crippen LogP contribution in [0.5, 0.6) is 0 Å².